The molecular weight excluding hydrogens is 254 g/mol. The highest BCUT2D eigenvalue weighted by molar-refractivity contribution is 9.09. The van der Waals surface area contributed by atoms with Crippen LogP contribution in [0.5, 0.6) is 0 Å². The Morgan fingerprint density at radius 1 is 1.40 bits per heavy atom. The molecule has 15 heavy (non-hydrogen) atoms. The smallest absolute Gasteiger partial charge is 0.220 e. The second kappa shape index (κ2) is 7.91. The monoisotopic (exact) mass is 273 g/mol. The van der Waals surface area contributed by atoms with Gasteiger partial charge in [0.15, 0.2) is 0 Å². The fourth-order valence-corrected chi connectivity index (χ4v) is 2.16. The molecule has 0 saturated carbocycles. The molecule has 1 unspecified atom stereocenters. The van der Waals surface area contributed by atoms with Gasteiger partial charge in [-0.15, -0.1) is 0 Å². The lowest BCUT2D eigenvalue weighted by Crippen LogP contribution is -2.29. The molecule has 3 heteroatoms. The van der Waals surface area contributed by atoms with Crippen LogP contribution in [0.4, 0.5) is 0 Å². The van der Waals surface area contributed by atoms with E-state index in [1.165, 1.54) is 12.8 Å². The van der Waals surface area contributed by atoms with Crippen LogP contribution in [0.1, 0.15) is 38.5 Å². The number of allylic oxidation sites excluding steroid dienone is 2. The SMILES string of the molecule is O=C(CCCCBr)NCC1CC=CCC1. The van der Waals surface area contributed by atoms with Crippen LogP contribution < -0.4 is 5.32 Å². The minimum Gasteiger partial charge on any atom is -0.356 e. The van der Waals surface area contributed by atoms with E-state index in [-0.39, 0.29) is 5.91 Å². The number of rotatable bonds is 6. The number of amides is 1. The normalized spacial score (nSPS) is 20.2. The maximum Gasteiger partial charge on any atom is 0.220 e. The summed E-state index contributed by atoms with van der Waals surface area (Å²) in [4.78, 5) is 11.4. The predicted molar refractivity (Wildman–Crippen MR) is 67.1 cm³/mol. The first-order valence-electron chi connectivity index (χ1n) is 5.80. The Morgan fingerprint density at radius 3 is 2.93 bits per heavy atom. The lowest BCUT2D eigenvalue weighted by atomic mass is 9.94. The number of halogens is 1. The van der Waals surface area contributed by atoms with E-state index in [0.717, 1.165) is 31.1 Å². The topological polar surface area (TPSA) is 29.1 Å². The van der Waals surface area contributed by atoms with E-state index < -0.39 is 0 Å². The van der Waals surface area contributed by atoms with Crippen molar-refractivity contribution in [1.82, 2.24) is 5.32 Å². The summed E-state index contributed by atoms with van der Waals surface area (Å²) in [7, 11) is 0. The van der Waals surface area contributed by atoms with Crippen LogP contribution in [0.2, 0.25) is 0 Å². The molecule has 0 heterocycles. The fraction of sp³-hybridized carbons (Fsp3) is 0.750. The van der Waals surface area contributed by atoms with Gasteiger partial charge in [-0.05, 0) is 38.0 Å². The van der Waals surface area contributed by atoms with Crippen LogP contribution in [-0.2, 0) is 4.79 Å². The summed E-state index contributed by atoms with van der Waals surface area (Å²) in [5.41, 5.74) is 0. The summed E-state index contributed by atoms with van der Waals surface area (Å²) in [6, 6.07) is 0. The van der Waals surface area contributed by atoms with Gasteiger partial charge in [-0.3, -0.25) is 4.79 Å². The second-order valence-electron chi connectivity index (χ2n) is 4.10. The van der Waals surface area contributed by atoms with E-state index >= 15 is 0 Å². The van der Waals surface area contributed by atoms with Crippen LogP contribution >= 0.6 is 15.9 Å². The highest BCUT2D eigenvalue weighted by atomic mass is 79.9. The van der Waals surface area contributed by atoms with Crippen molar-refractivity contribution >= 4 is 21.8 Å². The second-order valence-corrected chi connectivity index (χ2v) is 4.89. The number of carbonyl (C=O) groups excluding carboxylic acids is 1. The molecule has 0 aliphatic heterocycles. The van der Waals surface area contributed by atoms with Crippen molar-refractivity contribution in [3.63, 3.8) is 0 Å². The van der Waals surface area contributed by atoms with Crippen molar-refractivity contribution in [2.75, 3.05) is 11.9 Å². The van der Waals surface area contributed by atoms with E-state index in [2.05, 4.69) is 33.4 Å². The number of hydrogen-bond acceptors (Lipinski definition) is 1. The predicted octanol–water partition coefficient (Wildman–Crippen LogP) is 3.02. The molecule has 0 fully saturated rings. The van der Waals surface area contributed by atoms with Crippen molar-refractivity contribution in [2.24, 2.45) is 5.92 Å². The fourth-order valence-electron chi connectivity index (χ4n) is 1.77. The summed E-state index contributed by atoms with van der Waals surface area (Å²) >= 11 is 3.36. The van der Waals surface area contributed by atoms with Gasteiger partial charge in [-0.25, -0.2) is 0 Å². The van der Waals surface area contributed by atoms with E-state index in [0.29, 0.717) is 12.3 Å². The standard InChI is InChI=1S/C12H20BrNO/c13-9-5-4-8-12(15)14-10-11-6-2-1-3-7-11/h1-2,11H,3-10H2,(H,14,15). The molecule has 0 aromatic rings. The molecule has 1 atom stereocenters. The molecule has 0 aromatic heterocycles. The molecule has 86 valence electrons. The molecule has 0 saturated heterocycles. The molecule has 0 bridgehead atoms. The highest BCUT2D eigenvalue weighted by Crippen LogP contribution is 2.16. The third-order valence-corrected chi connectivity index (χ3v) is 3.31. The number of nitrogens with one attached hydrogen (secondary N) is 1. The number of unbranched alkanes of at least 4 members (excludes halogenated alkanes) is 1. The molecular formula is C12H20BrNO. The third-order valence-electron chi connectivity index (χ3n) is 2.75. The van der Waals surface area contributed by atoms with Crippen LogP contribution in [0.25, 0.3) is 0 Å². The molecule has 2 nitrogen and oxygen atoms in total. The van der Waals surface area contributed by atoms with Crippen LogP contribution in [0.15, 0.2) is 12.2 Å². The quantitative estimate of drug-likeness (QED) is 0.450. The zero-order valence-corrected chi connectivity index (χ0v) is 10.8. The van der Waals surface area contributed by atoms with Gasteiger partial charge in [0, 0.05) is 18.3 Å². The lowest BCUT2D eigenvalue weighted by molar-refractivity contribution is -0.121. The van der Waals surface area contributed by atoms with Gasteiger partial charge in [-0.1, -0.05) is 28.1 Å². The highest BCUT2D eigenvalue weighted by Gasteiger charge is 2.10. The molecule has 1 aliphatic carbocycles. The van der Waals surface area contributed by atoms with Gasteiger partial charge >= 0.3 is 0 Å². The third kappa shape index (κ3) is 5.98. The molecule has 1 N–H and O–H groups in total. The van der Waals surface area contributed by atoms with E-state index in [9.17, 15) is 4.79 Å². The van der Waals surface area contributed by atoms with Crippen molar-refractivity contribution in [2.45, 2.75) is 38.5 Å². The first-order valence-corrected chi connectivity index (χ1v) is 6.92. The summed E-state index contributed by atoms with van der Waals surface area (Å²) in [5.74, 6) is 0.876. The maximum atomic E-state index is 11.4. The number of hydrogen-bond donors (Lipinski definition) is 1. The largest absolute Gasteiger partial charge is 0.356 e. The molecule has 0 aromatic carbocycles. The van der Waals surface area contributed by atoms with Crippen LogP contribution in [0, 0.1) is 5.92 Å². The number of carbonyl (C=O) groups is 1. The van der Waals surface area contributed by atoms with Crippen molar-refractivity contribution in [3.8, 4) is 0 Å². The van der Waals surface area contributed by atoms with Crippen molar-refractivity contribution in [1.29, 1.82) is 0 Å². The molecule has 0 radical (unpaired) electrons. The average molecular weight is 274 g/mol. The first-order chi connectivity index (χ1) is 7.33. The first kappa shape index (κ1) is 12.8. The lowest BCUT2D eigenvalue weighted by Gasteiger charge is -2.17. The molecule has 1 aliphatic rings. The van der Waals surface area contributed by atoms with Crippen LogP contribution in [0.3, 0.4) is 0 Å². The van der Waals surface area contributed by atoms with Gasteiger partial charge in [0.05, 0.1) is 0 Å². The summed E-state index contributed by atoms with van der Waals surface area (Å²) in [6.45, 7) is 0.859. The zero-order chi connectivity index (χ0) is 10.9. The maximum absolute atomic E-state index is 11.4. The minimum atomic E-state index is 0.213. The Labute approximate surface area is 101 Å². The van der Waals surface area contributed by atoms with Gasteiger partial charge in [0.1, 0.15) is 0 Å². The molecule has 1 amide bonds. The van der Waals surface area contributed by atoms with Crippen LogP contribution in [-0.4, -0.2) is 17.8 Å². The van der Waals surface area contributed by atoms with Gasteiger partial charge in [-0.2, -0.15) is 0 Å². The average Bonchev–Trinajstić information content (AvgIpc) is 2.28. The van der Waals surface area contributed by atoms with Gasteiger partial charge < -0.3 is 5.32 Å². The van der Waals surface area contributed by atoms with Gasteiger partial charge in [0.2, 0.25) is 5.91 Å². The zero-order valence-electron chi connectivity index (χ0n) is 9.18. The van der Waals surface area contributed by atoms with E-state index in [1.807, 2.05) is 0 Å². The van der Waals surface area contributed by atoms with E-state index in [4.69, 9.17) is 0 Å². The Balaban J connectivity index is 2.03. The summed E-state index contributed by atoms with van der Waals surface area (Å²) in [6.07, 6.45) is 10.7. The summed E-state index contributed by atoms with van der Waals surface area (Å²) in [5, 5.41) is 4.02. The molecule has 1 rings (SSSR count). The number of alkyl halides is 1. The Hall–Kier alpha value is -0.310. The van der Waals surface area contributed by atoms with Crippen molar-refractivity contribution < 1.29 is 4.79 Å². The van der Waals surface area contributed by atoms with Gasteiger partial charge in [0.25, 0.3) is 0 Å². The summed E-state index contributed by atoms with van der Waals surface area (Å²) < 4.78 is 0. The Kier molecular flexibility index (Phi) is 6.73. The molecule has 0 spiro atoms. The Morgan fingerprint density at radius 2 is 2.27 bits per heavy atom. The minimum absolute atomic E-state index is 0.213. The van der Waals surface area contributed by atoms with E-state index in [1.54, 1.807) is 0 Å². The van der Waals surface area contributed by atoms with Crippen molar-refractivity contribution in [3.05, 3.63) is 12.2 Å². The Bertz CT molecular complexity index is 216.